The molecule has 13 heteroatoms. The van der Waals surface area contributed by atoms with Crippen LogP contribution in [0.1, 0.15) is 86.1 Å². The highest BCUT2D eigenvalue weighted by atomic mass is 16.5. The van der Waals surface area contributed by atoms with Gasteiger partial charge in [-0.3, -0.25) is 19.2 Å². The molecule has 0 aliphatic carbocycles. The van der Waals surface area contributed by atoms with Crippen LogP contribution >= 0.6 is 0 Å². The quantitative estimate of drug-likeness (QED) is 0.158. The van der Waals surface area contributed by atoms with Gasteiger partial charge in [-0.1, -0.05) is 53.2 Å². The topological polar surface area (TPSA) is 170 Å². The van der Waals surface area contributed by atoms with E-state index in [1.54, 1.807) is 44.1 Å². The molecule has 1 aliphatic rings. The Hall–Kier alpha value is -3.73. The average molecular weight is 756 g/mol. The second-order valence-electron chi connectivity index (χ2n) is 16.4. The molecule has 4 amide bonds. The highest BCUT2D eigenvalue weighted by Crippen LogP contribution is 2.30. The number of nitriles is 1. The number of benzene rings is 1. The van der Waals surface area contributed by atoms with Crippen LogP contribution in [0.25, 0.3) is 0 Å². The number of likely N-dealkylation sites (N-methyl/N-ethyl adjacent to an activating group) is 1. The molecule has 2 rings (SSSR count). The lowest BCUT2D eigenvalue weighted by Gasteiger charge is -2.41. The van der Waals surface area contributed by atoms with Gasteiger partial charge < -0.3 is 40.5 Å². The number of carbonyl (C=O) groups excluding carboxylic acids is 4. The third-order valence-electron chi connectivity index (χ3n) is 10.9. The van der Waals surface area contributed by atoms with Gasteiger partial charge in [0, 0.05) is 46.1 Å². The van der Waals surface area contributed by atoms with Gasteiger partial charge in [-0.2, -0.15) is 5.26 Å². The number of nitrogens with two attached hydrogens (primary N) is 1. The van der Waals surface area contributed by atoms with Crippen molar-refractivity contribution in [2.24, 2.45) is 23.2 Å². The summed E-state index contributed by atoms with van der Waals surface area (Å²) in [6.45, 7) is 14.5. The van der Waals surface area contributed by atoms with Crippen LogP contribution in [0.4, 0.5) is 5.69 Å². The number of nitrogen functional groups attached to an aromatic ring is 1. The number of methoxy groups -OCH3 is 2. The molecule has 0 unspecified atom stereocenters. The number of amides is 4. The molecule has 1 aliphatic heterocycles. The number of carbonyl (C=O) groups is 4. The second-order valence-corrected chi connectivity index (χ2v) is 16.4. The number of nitrogens with zero attached hydrogens (tertiary/aromatic N) is 4. The number of hydrogen-bond acceptors (Lipinski definition) is 9. The summed E-state index contributed by atoms with van der Waals surface area (Å²) < 4.78 is 12.0. The minimum atomic E-state index is -0.764. The summed E-state index contributed by atoms with van der Waals surface area (Å²) in [6.07, 6.45) is 1.54. The van der Waals surface area contributed by atoms with Crippen LogP contribution in [0, 0.1) is 34.5 Å². The molecular formula is C41H69N7O6. The van der Waals surface area contributed by atoms with Gasteiger partial charge in [0.05, 0.1) is 54.5 Å². The van der Waals surface area contributed by atoms with E-state index in [0.717, 1.165) is 18.4 Å². The zero-order valence-corrected chi connectivity index (χ0v) is 35.0. The fraction of sp³-hybridized carbons (Fsp3) is 0.732. The van der Waals surface area contributed by atoms with Crippen molar-refractivity contribution >= 4 is 29.3 Å². The molecule has 8 atom stereocenters. The van der Waals surface area contributed by atoms with Crippen molar-refractivity contribution in [3.63, 3.8) is 0 Å². The van der Waals surface area contributed by atoms with Crippen molar-refractivity contribution in [1.29, 1.82) is 5.26 Å². The second kappa shape index (κ2) is 21.4. The molecule has 1 fully saturated rings. The van der Waals surface area contributed by atoms with E-state index >= 15 is 0 Å². The summed E-state index contributed by atoms with van der Waals surface area (Å²) in [6, 6.07) is 7.57. The van der Waals surface area contributed by atoms with Crippen LogP contribution in [0.3, 0.4) is 0 Å². The van der Waals surface area contributed by atoms with E-state index in [1.165, 1.54) is 0 Å². The van der Waals surface area contributed by atoms with E-state index in [2.05, 4.69) is 16.7 Å². The predicted molar refractivity (Wildman–Crippen MR) is 212 cm³/mol. The van der Waals surface area contributed by atoms with Crippen LogP contribution < -0.4 is 16.4 Å². The van der Waals surface area contributed by atoms with Gasteiger partial charge in [-0.05, 0) is 76.7 Å². The minimum absolute atomic E-state index is 0.0235. The number of nitrogens with one attached hydrogen (secondary N) is 2. The van der Waals surface area contributed by atoms with Gasteiger partial charge in [-0.25, -0.2) is 0 Å². The summed E-state index contributed by atoms with van der Waals surface area (Å²) in [5.41, 5.74) is 6.77. The van der Waals surface area contributed by atoms with Crippen LogP contribution in [-0.2, 0) is 35.1 Å². The Balaban J connectivity index is 2.26. The Morgan fingerprint density at radius 2 is 1.74 bits per heavy atom. The first-order chi connectivity index (χ1) is 25.3. The number of ether oxygens (including phenoxy) is 2. The standard InChI is InChI=1S/C41H69N7O6/c1-13-27(4)36(47(10)39(51)35(26(2)3)45-40(52)41(6,7)25-46(8)9)33(53-11)24-34(49)48-21-15-18-32(48)37(54-12)28(5)38(50)44-31(19-20-42)23-29-16-14-17-30(43)22-29/h14,16-17,22,26-28,31-33,35-37H,13,15,18-19,21,23-25,43H2,1-12H3,(H,44,50)(H,45,52)/t27-,28+,31+,32-,33+,35-,36-,37+/m0/s1. The van der Waals surface area contributed by atoms with Gasteiger partial charge in [0.15, 0.2) is 0 Å². The molecule has 13 nitrogen and oxygen atoms in total. The number of hydrogen-bond donors (Lipinski definition) is 3. The summed E-state index contributed by atoms with van der Waals surface area (Å²) >= 11 is 0. The average Bonchev–Trinajstić information content (AvgIpc) is 3.59. The fourth-order valence-electron chi connectivity index (χ4n) is 7.86. The highest BCUT2D eigenvalue weighted by molar-refractivity contribution is 5.90. The third-order valence-corrected chi connectivity index (χ3v) is 10.9. The normalized spacial score (nSPS) is 18.6. The Kier molecular flexibility index (Phi) is 18.4. The van der Waals surface area contributed by atoms with Crippen molar-refractivity contribution in [3.05, 3.63) is 29.8 Å². The zero-order chi connectivity index (χ0) is 40.9. The van der Waals surface area contributed by atoms with Crippen molar-refractivity contribution in [2.45, 2.75) is 123 Å². The Morgan fingerprint density at radius 3 is 2.28 bits per heavy atom. The molecule has 0 bridgehead atoms. The van der Waals surface area contributed by atoms with Gasteiger partial charge in [0.2, 0.25) is 23.6 Å². The molecule has 1 aromatic rings. The Morgan fingerprint density at radius 1 is 1.07 bits per heavy atom. The van der Waals surface area contributed by atoms with Crippen molar-refractivity contribution < 1.29 is 28.7 Å². The fourth-order valence-corrected chi connectivity index (χ4v) is 7.86. The van der Waals surface area contributed by atoms with E-state index in [4.69, 9.17) is 15.2 Å². The maximum Gasteiger partial charge on any atom is 0.245 e. The molecule has 4 N–H and O–H groups in total. The third kappa shape index (κ3) is 12.7. The van der Waals surface area contributed by atoms with Crippen LogP contribution in [0.15, 0.2) is 24.3 Å². The van der Waals surface area contributed by atoms with Crippen molar-refractivity contribution in [3.8, 4) is 6.07 Å². The molecule has 0 saturated carbocycles. The predicted octanol–water partition coefficient (Wildman–Crippen LogP) is 3.86. The monoisotopic (exact) mass is 756 g/mol. The molecular weight excluding hydrogens is 686 g/mol. The largest absolute Gasteiger partial charge is 0.399 e. The lowest BCUT2D eigenvalue weighted by Crippen LogP contribution is -2.59. The Bertz CT molecular complexity index is 1430. The first kappa shape index (κ1) is 46.4. The van der Waals surface area contributed by atoms with E-state index < -0.39 is 41.7 Å². The molecule has 1 saturated heterocycles. The van der Waals surface area contributed by atoms with Crippen LogP contribution in [0.5, 0.6) is 0 Å². The molecule has 54 heavy (non-hydrogen) atoms. The van der Waals surface area contributed by atoms with Gasteiger partial charge in [0.25, 0.3) is 0 Å². The van der Waals surface area contributed by atoms with Crippen LogP contribution in [0.2, 0.25) is 0 Å². The number of anilines is 1. The zero-order valence-electron chi connectivity index (χ0n) is 35.0. The van der Waals surface area contributed by atoms with Gasteiger partial charge in [-0.15, -0.1) is 0 Å². The lowest BCUT2D eigenvalue weighted by atomic mass is 9.88. The van der Waals surface area contributed by atoms with Crippen molar-refractivity contribution in [1.82, 2.24) is 25.3 Å². The van der Waals surface area contributed by atoms with Gasteiger partial charge >= 0.3 is 0 Å². The first-order valence-electron chi connectivity index (χ1n) is 19.4. The maximum absolute atomic E-state index is 14.2. The summed E-state index contributed by atoms with van der Waals surface area (Å²) in [4.78, 5) is 60.9. The molecule has 1 aromatic carbocycles. The van der Waals surface area contributed by atoms with Crippen molar-refractivity contribution in [2.75, 3.05) is 54.2 Å². The number of likely N-dealkylation sites (tertiary alicyclic amines) is 1. The maximum atomic E-state index is 14.2. The van der Waals surface area contributed by atoms with E-state index in [0.29, 0.717) is 31.6 Å². The summed E-state index contributed by atoms with van der Waals surface area (Å²) in [5, 5.41) is 15.6. The van der Waals surface area contributed by atoms with E-state index in [9.17, 15) is 24.4 Å². The highest BCUT2D eigenvalue weighted by Gasteiger charge is 2.43. The van der Waals surface area contributed by atoms with E-state index in [1.807, 2.05) is 78.7 Å². The molecule has 0 spiro atoms. The van der Waals surface area contributed by atoms with E-state index in [-0.39, 0.29) is 54.3 Å². The molecule has 0 radical (unpaired) electrons. The SMILES string of the molecule is CC[C@H](C)[C@@H]([C@@H](CC(=O)N1CCC[C@H]1[C@H](OC)[C@@H](C)C(=O)N[C@H](CC#N)Cc1cccc(N)c1)OC)N(C)C(=O)[C@@H](NC(=O)C(C)(C)CN(C)C)C(C)C. The molecule has 1 heterocycles. The number of rotatable bonds is 21. The minimum Gasteiger partial charge on any atom is -0.399 e. The summed E-state index contributed by atoms with van der Waals surface area (Å²) in [7, 11) is 8.66. The lowest BCUT2D eigenvalue weighted by molar-refractivity contribution is -0.148. The Labute approximate surface area is 324 Å². The molecule has 0 aromatic heterocycles. The smallest absolute Gasteiger partial charge is 0.245 e. The van der Waals surface area contributed by atoms with Gasteiger partial charge in [0.1, 0.15) is 6.04 Å². The van der Waals surface area contributed by atoms with Crippen LogP contribution in [-0.4, -0.2) is 123 Å². The summed E-state index contributed by atoms with van der Waals surface area (Å²) in [5.74, 6) is -1.65. The first-order valence-corrected chi connectivity index (χ1v) is 19.4. The molecule has 304 valence electrons.